The van der Waals surface area contributed by atoms with E-state index in [4.69, 9.17) is 5.73 Å². The van der Waals surface area contributed by atoms with E-state index in [9.17, 15) is 24.0 Å². The summed E-state index contributed by atoms with van der Waals surface area (Å²) in [5, 5.41) is 10.3. The van der Waals surface area contributed by atoms with E-state index in [0.29, 0.717) is 19.3 Å². The van der Waals surface area contributed by atoms with Crippen molar-refractivity contribution >= 4 is 29.9 Å². The number of benzene rings is 1. The van der Waals surface area contributed by atoms with Gasteiger partial charge in [-0.25, -0.2) is 0 Å². The van der Waals surface area contributed by atoms with Crippen molar-refractivity contribution in [3.05, 3.63) is 35.9 Å². The molecule has 0 aliphatic rings. The summed E-state index contributed by atoms with van der Waals surface area (Å²) >= 11 is 0. The van der Waals surface area contributed by atoms with Crippen LogP contribution in [0.2, 0.25) is 0 Å². The molecule has 199 valence electrons. The minimum atomic E-state index is -0.929. The zero-order chi connectivity index (χ0) is 27.3. The molecule has 1 aromatic rings. The molecule has 1 radical (unpaired) electrons. The first-order valence-electron chi connectivity index (χ1n) is 12.3. The van der Waals surface area contributed by atoms with E-state index >= 15 is 0 Å². The van der Waals surface area contributed by atoms with Crippen LogP contribution in [0.25, 0.3) is 0 Å². The number of hydrogen-bond donors (Lipinski definition) is 5. The van der Waals surface area contributed by atoms with Gasteiger partial charge in [-0.15, -0.1) is 0 Å². The topological polar surface area (TPSA) is 159 Å². The van der Waals surface area contributed by atoms with Gasteiger partial charge in [0.15, 0.2) is 0 Å². The number of carbonyl (C=O) groups excluding carboxylic acids is 5. The molecule has 5 atom stereocenters. The minimum absolute atomic E-state index is 0.187. The van der Waals surface area contributed by atoms with Gasteiger partial charge in [-0.2, -0.15) is 0 Å². The third kappa shape index (κ3) is 11.0. The number of nitrogens with two attached hydrogens (primary N) is 1. The van der Waals surface area contributed by atoms with Crippen molar-refractivity contribution in [2.75, 3.05) is 6.54 Å². The predicted octanol–water partition coefficient (Wildman–Crippen LogP) is 0.349. The molecule has 10 heteroatoms. The van der Waals surface area contributed by atoms with Gasteiger partial charge in [0.1, 0.15) is 12.1 Å². The van der Waals surface area contributed by atoms with Gasteiger partial charge in [0.2, 0.25) is 29.9 Å². The van der Waals surface area contributed by atoms with E-state index in [1.165, 1.54) is 6.92 Å². The average molecular weight is 503 g/mol. The van der Waals surface area contributed by atoms with Crippen LogP contribution in [0.1, 0.15) is 53.0 Å². The Morgan fingerprint density at radius 3 is 2.11 bits per heavy atom. The smallest absolute Gasteiger partial charge is 0.243 e. The molecule has 0 unspecified atom stereocenters. The molecule has 0 fully saturated rings. The highest BCUT2D eigenvalue weighted by Gasteiger charge is 2.29. The molecule has 10 nitrogen and oxygen atoms in total. The maximum absolute atomic E-state index is 12.8. The Hall–Kier alpha value is -3.27. The van der Waals surface area contributed by atoms with Crippen molar-refractivity contribution in [3.63, 3.8) is 0 Å². The zero-order valence-corrected chi connectivity index (χ0v) is 21.8. The van der Waals surface area contributed by atoms with Crippen molar-refractivity contribution in [2.45, 2.75) is 78.0 Å². The van der Waals surface area contributed by atoms with Crippen LogP contribution >= 0.6 is 0 Å². The minimum Gasteiger partial charge on any atom is -0.345 e. The Balaban J connectivity index is 2.65. The third-order valence-electron chi connectivity index (χ3n) is 5.79. The lowest BCUT2D eigenvalue weighted by Crippen LogP contribution is -2.57. The highest BCUT2D eigenvalue weighted by Crippen LogP contribution is 2.09. The van der Waals surface area contributed by atoms with Crippen LogP contribution in [0.15, 0.2) is 30.3 Å². The van der Waals surface area contributed by atoms with E-state index in [-0.39, 0.29) is 18.4 Å². The van der Waals surface area contributed by atoms with E-state index in [1.54, 1.807) is 13.2 Å². The van der Waals surface area contributed by atoms with Crippen LogP contribution in [0.3, 0.4) is 0 Å². The fraction of sp³-hybridized carbons (Fsp3) is 0.577. The summed E-state index contributed by atoms with van der Waals surface area (Å²) in [6.07, 6.45) is 3.13. The van der Waals surface area contributed by atoms with Crippen LogP contribution in [-0.4, -0.2) is 60.6 Å². The summed E-state index contributed by atoms with van der Waals surface area (Å²) in [4.78, 5) is 61.2. The maximum atomic E-state index is 12.8. The van der Waals surface area contributed by atoms with Gasteiger partial charge >= 0.3 is 0 Å². The normalized spacial score (nSPS) is 15.1. The summed E-state index contributed by atoms with van der Waals surface area (Å²) in [6.45, 7) is 8.65. The standard InChI is InChI=1S/C26H40N5O5/c1-6-17(4)23(26(36)28-14-22(33)30-20(15-32)12-16(2)3)31-24(34)18(5)29-25(35)21(27)13-19-10-8-7-9-11-19/h7-11,16-18,20-21,23H,6,12-14,27H2,1-5H3,(H,28,36)(H,29,35)(H,30,33)(H,31,34)/t17-,18-,20-,21-,23-/m0/s1. The van der Waals surface area contributed by atoms with Crippen LogP contribution < -0.4 is 27.0 Å². The summed E-state index contributed by atoms with van der Waals surface area (Å²) < 4.78 is 0. The quantitative estimate of drug-likeness (QED) is 0.233. The van der Waals surface area contributed by atoms with Crippen molar-refractivity contribution in [3.8, 4) is 0 Å². The Bertz CT molecular complexity index is 877. The Morgan fingerprint density at radius 2 is 1.56 bits per heavy atom. The van der Waals surface area contributed by atoms with E-state index in [0.717, 1.165) is 5.56 Å². The molecule has 4 amide bonds. The van der Waals surface area contributed by atoms with E-state index in [2.05, 4.69) is 21.3 Å². The molecule has 36 heavy (non-hydrogen) atoms. The molecule has 0 heterocycles. The number of rotatable bonds is 15. The summed E-state index contributed by atoms with van der Waals surface area (Å²) in [6, 6.07) is 5.86. The highest BCUT2D eigenvalue weighted by molar-refractivity contribution is 5.94. The lowest BCUT2D eigenvalue weighted by Gasteiger charge is -2.26. The van der Waals surface area contributed by atoms with Gasteiger partial charge < -0.3 is 27.0 Å². The molecule has 0 bridgehead atoms. The second-order valence-electron chi connectivity index (χ2n) is 9.48. The fourth-order valence-corrected chi connectivity index (χ4v) is 3.46. The Labute approximate surface area is 213 Å². The Morgan fingerprint density at radius 1 is 0.917 bits per heavy atom. The fourth-order valence-electron chi connectivity index (χ4n) is 3.46. The van der Waals surface area contributed by atoms with Gasteiger partial charge in [-0.3, -0.25) is 24.0 Å². The molecular weight excluding hydrogens is 462 g/mol. The van der Waals surface area contributed by atoms with Crippen LogP contribution in [0.5, 0.6) is 0 Å². The van der Waals surface area contributed by atoms with Crippen molar-refractivity contribution < 1.29 is 24.0 Å². The van der Waals surface area contributed by atoms with E-state index in [1.807, 2.05) is 51.1 Å². The number of amides is 4. The van der Waals surface area contributed by atoms with Gasteiger partial charge in [0, 0.05) is 0 Å². The van der Waals surface area contributed by atoms with E-state index < -0.39 is 47.8 Å². The number of hydrogen-bond acceptors (Lipinski definition) is 6. The maximum Gasteiger partial charge on any atom is 0.243 e. The first kappa shape index (κ1) is 30.8. The van der Waals surface area contributed by atoms with Gasteiger partial charge in [-0.05, 0) is 37.2 Å². The predicted molar refractivity (Wildman–Crippen MR) is 137 cm³/mol. The molecule has 1 aromatic carbocycles. The highest BCUT2D eigenvalue weighted by atomic mass is 16.2. The van der Waals surface area contributed by atoms with Gasteiger partial charge in [0.05, 0.1) is 18.6 Å². The molecule has 0 saturated carbocycles. The molecule has 0 aromatic heterocycles. The average Bonchev–Trinajstić information content (AvgIpc) is 2.84. The molecule has 0 saturated heterocycles. The Kier molecular flexibility index (Phi) is 13.4. The summed E-state index contributed by atoms with van der Waals surface area (Å²) in [7, 11) is 0. The second-order valence-corrected chi connectivity index (χ2v) is 9.48. The second kappa shape index (κ2) is 15.7. The third-order valence-corrected chi connectivity index (χ3v) is 5.79. The van der Waals surface area contributed by atoms with Crippen molar-refractivity contribution in [1.29, 1.82) is 0 Å². The first-order valence-corrected chi connectivity index (χ1v) is 12.3. The number of carbonyl (C=O) groups is 4. The lowest BCUT2D eigenvalue weighted by atomic mass is 9.98. The van der Waals surface area contributed by atoms with Gasteiger partial charge in [0.25, 0.3) is 0 Å². The molecule has 0 spiro atoms. The van der Waals surface area contributed by atoms with Crippen LogP contribution in [-0.2, 0) is 30.4 Å². The summed E-state index contributed by atoms with van der Waals surface area (Å²) in [5.74, 6) is -2.15. The van der Waals surface area contributed by atoms with Crippen molar-refractivity contribution in [2.24, 2.45) is 17.6 Å². The largest absolute Gasteiger partial charge is 0.345 e. The SMILES string of the molecule is CC[C@H](C)[C@H](NC(=O)[C@H](C)NC(=O)[C@@H](N)Cc1ccccc1)C(=O)NCC(=O)N[C@H]([C]=O)CC(C)C. The molecule has 1 rings (SSSR count). The van der Waals surface area contributed by atoms with Crippen molar-refractivity contribution in [1.82, 2.24) is 21.3 Å². The first-order chi connectivity index (χ1) is 17.0. The lowest BCUT2D eigenvalue weighted by molar-refractivity contribution is -0.133. The summed E-state index contributed by atoms with van der Waals surface area (Å²) in [5.41, 5.74) is 6.89. The molecule has 0 aliphatic carbocycles. The monoisotopic (exact) mass is 502 g/mol. The van der Waals surface area contributed by atoms with Crippen LogP contribution in [0, 0.1) is 11.8 Å². The molecule has 0 aliphatic heterocycles. The van der Waals surface area contributed by atoms with Crippen LogP contribution in [0.4, 0.5) is 0 Å². The zero-order valence-electron chi connectivity index (χ0n) is 21.8. The number of nitrogens with one attached hydrogen (secondary N) is 4. The molecular formula is C26H40N5O5. The van der Waals surface area contributed by atoms with Gasteiger partial charge in [-0.1, -0.05) is 64.4 Å². The molecule has 6 N–H and O–H groups in total.